The highest BCUT2D eigenvalue weighted by Gasteiger charge is 2.12. The van der Waals surface area contributed by atoms with Crippen LogP contribution in [0.3, 0.4) is 0 Å². The zero-order valence-corrected chi connectivity index (χ0v) is 16.6. The summed E-state index contributed by atoms with van der Waals surface area (Å²) >= 11 is 5.97. The van der Waals surface area contributed by atoms with E-state index in [4.69, 9.17) is 16.3 Å². The van der Waals surface area contributed by atoms with Crippen molar-refractivity contribution in [3.05, 3.63) is 58.9 Å². The minimum Gasteiger partial charge on any atom is -0.496 e. The number of hydrogen-bond donors (Lipinski definition) is 2. The van der Waals surface area contributed by atoms with Crippen molar-refractivity contribution in [3.63, 3.8) is 0 Å². The van der Waals surface area contributed by atoms with Crippen molar-refractivity contribution in [2.75, 3.05) is 25.5 Å². The van der Waals surface area contributed by atoms with Gasteiger partial charge in [0.1, 0.15) is 29.0 Å². The molecule has 1 aromatic carbocycles. The highest BCUT2D eigenvalue weighted by Crippen LogP contribution is 2.22. The number of methoxy groups -OCH3 is 1. The Bertz CT molecular complexity index is 988. The van der Waals surface area contributed by atoms with E-state index >= 15 is 0 Å². The SMILES string of the molecule is COc1ccc(Cl)cc1C(=O)NCCNc1cc(-n2ccnc2C)nc(C)n1. The number of carbonyl (C=O) groups excluding carboxylic acids is 1. The fourth-order valence-corrected chi connectivity index (χ4v) is 2.88. The average molecular weight is 401 g/mol. The van der Waals surface area contributed by atoms with Gasteiger partial charge in [0, 0.05) is 36.6 Å². The Hall–Kier alpha value is -3.13. The molecule has 0 saturated heterocycles. The van der Waals surface area contributed by atoms with Crippen LogP contribution in [-0.2, 0) is 0 Å². The number of imidazole rings is 1. The van der Waals surface area contributed by atoms with Gasteiger partial charge in [0.05, 0.1) is 12.7 Å². The quantitative estimate of drug-likeness (QED) is 0.592. The van der Waals surface area contributed by atoms with E-state index in [0.29, 0.717) is 41.1 Å². The zero-order chi connectivity index (χ0) is 20.1. The predicted molar refractivity (Wildman–Crippen MR) is 107 cm³/mol. The largest absolute Gasteiger partial charge is 0.496 e. The van der Waals surface area contributed by atoms with Crippen molar-refractivity contribution in [3.8, 4) is 11.6 Å². The first kappa shape index (κ1) is 19.6. The summed E-state index contributed by atoms with van der Waals surface area (Å²) < 4.78 is 7.09. The maximum absolute atomic E-state index is 12.4. The fraction of sp³-hybridized carbons (Fsp3) is 0.263. The van der Waals surface area contributed by atoms with E-state index in [-0.39, 0.29) is 5.91 Å². The third-order valence-electron chi connectivity index (χ3n) is 4.02. The summed E-state index contributed by atoms with van der Waals surface area (Å²) in [6.45, 7) is 4.63. The molecule has 0 unspecified atom stereocenters. The van der Waals surface area contributed by atoms with Crippen molar-refractivity contribution in [2.24, 2.45) is 0 Å². The number of amides is 1. The first-order valence-electron chi connectivity index (χ1n) is 8.69. The number of anilines is 1. The molecule has 28 heavy (non-hydrogen) atoms. The zero-order valence-electron chi connectivity index (χ0n) is 15.9. The lowest BCUT2D eigenvalue weighted by Gasteiger charge is -2.12. The Balaban J connectivity index is 1.60. The molecular formula is C19H21ClN6O2. The molecule has 2 aromatic heterocycles. The minimum atomic E-state index is -0.255. The molecule has 0 atom stereocenters. The number of hydrogen-bond acceptors (Lipinski definition) is 6. The number of nitrogens with one attached hydrogen (secondary N) is 2. The van der Waals surface area contributed by atoms with Crippen LogP contribution in [0, 0.1) is 13.8 Å². The molecule has 0 aliphatic rings. The summed E-state index contributed by atoms with van der Waals surface area (Å²) in [5.74, 6) is 3.10. The maximum Gasteiger partial charge on any atom is 0.255 e. The minimum absolute atomic E-state index is 0.255. The number of carbonyl (C=O) groups is 1. The molecule has 0 spiro atoms. The summed E-state index contributed by atoms with van der Waals surface area (Å²) in [4.78, 5) is 25.4. The van der Waals surface area contributed by atoms with E-state index in [1.54, 1.807) is 24.4 Å². The molecule has 0 saturated carbocycles. The Labute approximate surface area is 167 Å². The Morgan fingerprint density at radius 2 is 2.04 bits per heavy atom. The maximum atomic E-state index is 12.4. The van der Waals surface area contributed by atoms with E-state index in [0.717, 1.165) is 11.6 Å². The van der Waals surface area contributed by atoms with Gasteiger partial charge in [-0.25, -0.2) is 15.0 Å². The van der Waals surface area contributed by atoms with Crippen LogP contribution in [-0.4, -0.2) is 45.6 Å². The van der Waals surface area contributed by atoms with Gasteiger partial charge in [-0.05, 0) is 32.0 Å². The highest BCUT2D eigenvalue weighted by atomic mass is 35.5. The molecular weight excluding hydrogens is 380 g/mol. The van der Waals surface area contributed by atoms with Gasteiger partial charge in [-0.2, -0.15) is 0 Å². The lowest BCUT2D eigenvalue weighted by Crippen LogP contribution is -2.29. The molecule has 0 bridgehead atoms. The second-order valence-electron chi connectivity index (χ2n) is 6.03. The van der Waals surface area contributed by atoms with E-state index in [9.17, 15) is 4.79 Å². The summed E-state index contributed by atoms with van der Waals surface area (Å²) in [7, 11) is 1.51. The predicted octanol–water partition coefficient (Wildman–Crippen LogP) is 2.78. The van der Waals surface area contributed by atoms with Gasteiger partial charge >= 0.3 is 0 Å². The number of aromatic nitrogens is 4. The third-order valence-corrected chi connectivity index (χ3v) is 4.25. The van der Waals surface area contributed by atoms with Gasteiger partial charge in [-0.15, -0.1) is 0 Å². The summed E-state index contributed by atoms with van der Waals surface area (Å²) in [5, 5.41) is 6.51. The molecule has 3 aromatic rings. The van der Waals surface area contributed by atoms with Gasteiger partial charge in [0.2, 0.25) is 0 Å². The summed E-state index contributed by atoms with van der Waals surface area (Å²) in [5.41, 5.74) is 0.394. The summed E-state index contributed by atoms with van der Waals surface area (Å²) in [6, 6.07) is 6.76. The second-order valence-corrected chi connectivity index (χ2v) is 6.47. The highest BCUT2D eigenvalue weighted by molar-refractivity contribution is 6.31. The van der Waals surface area contributed by atoms with Gasteiger partial charge in [-0.3, -0.25) is 9.36 Å². The van der Waals surface area contributed by atoms with E-state index in [1.807, 2.05) is 30.7 Å². The Morgan fingerprint density at radius 1 is 1.21 bits per heavy atom. The van der Waals surface area contributed by atoms with Crippen molar-refractivity contribution in [2.45, 2.75) is 13.8 Å². The molecule has 8 nitrogen and oxygen atoms in total. The molecule has 146 valence electrons. The number of ether oxygens (including phenoxy) is 1. The first-order chi connectivity index (χ1) is 13.5. The average Bonchev–Trinajstić information content (AvgIpc) is 3.10. The van der Waals surface area contributed by atoms with Crippen molar-refractivity contribution in [1.82, 2.24) is 24.8 Å². The lowest BCUT2D eigenvalue weighted by atomic mass is 10.2. The number of aryl methyl sites for hydroxylation is 2. The van der Waals surface area contributed by atoms with Crippen LogP contribution < -0.4 is 15.4 Å². The molecule has 1 amide bonds. The lowest BCUT2D eigenvalue weighted by molar-refractivity contribution is 0.0952. The molecule has 2 heterocycles. The molecule has 9 heteroatoms. The van der Waals surface area contributed by atoms with E-state index in [2.05, 4.69) is 25.6 Å². The Kier molecular flexibility index (Phi) is 6.10. The van der Waals surface area contributed by atoms with E-state index < -0.39 is 0 Å². The van der Waals surface area contributed by atoms with Crippen molar-refractivity contribution < 1.29 is 9.53 Å². The van der Waals surface area contributed by atoms with Crippen LogP contribution in [0.4, 0.5) is 5.82 Å². The van der Waals surface area contributed by atoms with Gasteiger partial charge in [-0.1, -0.05) is 11.6 Å². The molecule has 0 aliphatic carbocycles. The smallest absolute Gasteiger partial charge is 0.255 e. The van der Waals surface area contributed by atoms with Gasteiger partial charge in [0.15, 0.2) is 0 Å². The number of rotatable bonds is 7. The van der Waals surface area contributed by atoms with Gasteiger partial charge in [0.25, 0.3) is 5.91 Å². The number of benzene rings is 1. The molecule has 3 rings (SSSR count). The van der Waals surface area contributed by atoms with Crippen molar-refractivity contribution in [1.29, 1.82) is 0 Å². The molecule has 0 fully saturated rings. The third kappa shape index (κ3) is 4.58. The van der Waals surface area contributed by atoms with Crippen molar-refractivity contribution >= 4 is 23.3 Å². The fourth-order valence-electron chi connectivity index (χ4n) is 2.71. The van der Waals surface area contributed by atoms with Crippen LogP contribution in [0.1, 0.15) is 22.0 Å². The normalized spacial score (nSPS) is 10.6. The second kappa shape index (κ2) is 8.71. The van der Waals surface area contributed by atoms with Crippen LogP contribution in [0.2, 0.25) is 5.02 Å². The summed E-state index contributed by atoms with van der Waals surface area (Å²) in [6.07, 6.45) is 3.57. The standard InChI is InChI=1S/C19H21ClN6O2/c1-12-24-17(11-18(25-12)26-9-8-21-13(26)2)22-6-7-23-19(27)15-10-14(20)4-5-16(15)28-3/h4-5,8-11H,6-7H2,1-3H3,(H,23,27)(H,22,24,25). The Morgan fingerprint density at radius 3 is 2.75 bits per heavy atom. The van der Waals surface area contributed by atoms with E-state index in [1.165, 1.54) is 7.11 Å². The van der Waals surface area contributed by atoms with Crippen LogP contribution >= 0.6 is 11.6 Å². The van der Waals surface area contributed by atoms with Crippen LogP contribution in [0.5, 0.6) is 5.75 Å². The van der Waals surface area contributed by atoms with Crippen LogP contribution in [0.15, 0.2) is 36.7 Å². The number of halogens is 1. The molecule has 0 aliphatic heterocycles. The van der Waals surface area contributed by atoms with Gasteiger partial charge < -0.3 is 15.4 Å². The van der Waals surface area contributed by atoms with Crippen LogP contribution in [0.25, 0.3) is 5.82 Å². The topological polar surface area (TPSA) is 94.0 Å². The first-order valence-corrected chi connectivity index (χ1v) is 9.07. The monoisotopic (exact) mass is 400 g/mol. The molecule has 2 N–H and O–H groups in total. The number of nitrogens with zero attached hydrogens (tertiary/aromatic N) is 4. The molecule has 0 radical (unpaired) electrons.